The van der Waals surface area contributed by atoms with Crippen molar-refractivity contribution in [2.24, 2.45) is 0 Å². The first-order valence-corrected chi connectivity index (χ1v) is 7.82. The summed E-state index contributed by atoms with van der Waals surface area (Å²) in [5, 5.41) is 0. The monoisotopic (exact) mass is 318 g/mol. The molecule has 1 saturated heterocycles. The van der Waals surface area contributed by atoms with E-state index in [0.717, 1.165) is 12.0 Å². The van der Waals surface area contributed by atoms with Crippen LogP contribution in [-0.4, -0.2) is 77.2 Å². The van der Waals surface area contributed by atoms with E-state index in [4.69, 9.17) is 0 Å². The molecule has 0 N–H and O–H groups in total. The van der Waals surface area contributed by atoms with Crippen molar-refractivity contribution in [1.82, 2.24) is 19.7 Å². The lowest BCUT2D eigenvalue weighted by Crippen LogP contribution is -2.53. The minimum absolute atomic E-state index is 0.408. The second kappa shape index (κ2) is 8.26. The Morgan fingerprint density at radius 2 is 1.87 bits per heavy atom. The third-order valence-electron chi connectivity index (χ3n) is 4.02. The summed E-state index contributed by atoms with van der Waals surface area (Å²) in [4.78, 5) is 44.1. The molecular formula is C16H22N4O3. The highest BCUT2D eigenvalue weighted by Crippen LogP contribution is 2.05. The van der Waals surface area contributed by atoms with Crippen molar-refractivity contribution in [3.63, 3.8) is 0 Å². The first-order valence-electron chi connectivity index (χ1n) is 7.82. The number of aromatic nitrogens is 1. The molecule has 1 aromatic rings. The summed E-state index contributed by atoms with van der Waals surface area (Å²) in [5.41, 5.74) is 1.08. The van der Waals surface area contributed by atoms with Crippen molar-refractivity contribution in [2.75, 3.05) is 39.3 Å². The van der Waals surface area contributed by atoms with E-state index in [9.17, 15) is 14.4 Å². The summed E-state index contributed by atoms with van der Waals surface area (Å²) < 4.78 is 0. The summed E-state index contributed by atoms with van der Waals surface area (Å²) in [6, 6.07) is 3.80. The van der Waals surface area contributed by atoms with E-state index >= 15 is 0 Å². The van der Waals surface area contributed by atoms with Crippen LogP contribution in [0.2, 0.25) is 0 Å². The lowest BCUT2D eigenvalue weighted by Gasteiger charge is -2.33. The van der Waals surface area contributed by atoms with Gasteiger partial charge in [0.05, 0.1) is 0 Å². The fraction of sp³-hybridized carbons (Fsp3) is 0.500. The zero-order valence-electron chi connectivity index (χ0n) is 13.4. The molecule has 0 saturated carbocycles. The van der Waals surface area contributed by atoms with Crippen molar-refractivity contribution >= 4 is 18.2 Å². The first-order chi connectivity index (χ1) is 11.2. The molecule has 0 bridgehead atoms. The van der Waals surface area contributed by atoms with Gasteiger partial charge in [-0.1, -0.05) is 0 Å². The molecule has 0 aromatic carbocycles. The van der Waals surface area contributed by atoms with Crippen LogP contribution < -0.4 is 0 Å². The number of amides is 3. The van der Waals surface area contributed by atoms with Crippen LogP contribution >= 0.6 is 0 Å². The van der Waals surface area contributed by atoms with E-state index in [-0.39, 0.29) is 0 Å². The van der Waals surface area contributed by atoms with Gasteiger partial charge >= 0.3 is 11.8 Å². The third kappa shape index (κ3) is 4.51. The fourth-order valence-electron chi connectivity index (χ4n) is 2.52. The molecular weight excluding hydrogens is 296 g/mol. The minimum atomic E-state index is -0.480. The van der Waals surface area contributed by atoms with Crippen molar-refractivity contribution < 1.29 is 14.4 Å². The lowest BCUT2D eigenvalue weighted by molar-refractivity contribution is -0.153. The second-order valence-electron chi connectivity index (χ2n) is 5.42. The second-order valence-corrected chi connectivity index (χ2v) is 5.42. The molecule has 1 aromatic heterocycles. The minimum Gasteiger partial charge on any atom is -0.342 e. The largest absolute Gasteiger partial charge is 0.342 e. The number of likely N-dealkylation sites (N-methyl/N-ethyl adjacent to an activating group) is 1. The molecule has 1 fully saturated rings. The number of piperazine rings is 1. The standard InChI is InChI=1S/C16H22N4O3/c1-2-19(8-5-14-3-6-17-7-4-14)15(22)16(23)20-11-9-18(13-21)10-12-20/h3-4,6-7,13H,2,5,8-12H2,1H3. The van der Waals surface area contributed by atoms with Gasteiger partial charge in [0.1, 0.15) is 0 Å². The molecule has 0 atom stereocenters. The average molecular weight is 318 g/mol. The van der Waals surface area contributed by atoms with E-state index in [1.807, 2.05) is 19.1 Å². The van der Waals surface area contributed by atoms with Crippen LogP contribution in [0, 0.1) is 0 Å². The van der Waals surface area contributed by atoms with Crippen LogP contribution in [0.5, 0.6) is 0 Å². The van der Waals surface area contributed by atoms with Gasteiger partial charge in [-0.05, 0) is 31.0 Å². The summed E-state index contributed by atoms with van der Waals surface area (Å²) in [6.07, 6.45) is 4.89. The molecule has 0 spiro atoms. The summed E-state index contributed by atoms with van der Waals surface area (Å²) in [7, 11) is 0. The van der Waals surface area contributed by atoms with Crippen molar-refractivity contribution in [2.45, 2.75) is 13.3 Å². The van der Waals surface area contributed by atoms with E-state index in [2.05, 4.69) is 4.98 Å². The maximum Gasteiger partial charge on any atom is 0.312 e. The molecule has 0 aliphatic carbocycles. The van der Waals surface area contributed by atoms with Gasteiger partial charge in [-0.25, -0.2) is 0 Å². The zero-order valence-corrected chi connectivity index (χ0v) is 13.4. The molecule has 7 heteroatoms. The van der Waals surface area contributed by atoms with Gasteiger partial charge in [-0.3, -0.25) is 19.4 Å². The fourth-order valence-corrected chi connectivity index (χ4v) is 2.52. The predicted molar refractivity (Wildman–Crippen MR) is 84.4 cm³/mol. The first kappa shape index (κ1) is 16.9. The van der Waals surface area contributed by atoms with Crippen molar-refractivity contribution in [3.8, 4) is 0 Å². The third-order valence-corrected chi connectivity index (χ3v) is 4.02. The van der Waals surface area contributed by atoms with Gasteiger partial charge < -0.3 is 14.7 Å². The number of nitrogens with zero attached hydrogens (tertiary/aromatic N) is 4. The Labute approximate surface area is 135 Å². The normalized spacial score (nSPS) is 14.5. The smallest absolute Gasteiger partial charge is 0.312 e. The van der Waals surface area contributed by atoms with Gasteiger partial charge in [0.25, 0.3) is 0 Å². The molecule has 124 valence electrons. The Morgan fingerprint density at radius 3 is 2.43 bits per heavy atom. The molecule has 1 aliphatic heterocycles. The highest BCUT2D eigenvalue weighted by molar-refractivity contribution is 6.34. The molecule has 0 radical (unpaired) electrons. The number of rotatable bonds is 5. The molecule has 0 unspecified atom stereocenters. The van der Waals surface area contributed by atoms with Crippen LogP contribution in [0.15, 0.2) is 24.5 Å². The van der Waals surface area contributed by atoms with Gasteiger partial charge in [0, 0.05) is 51.7 Å². The van der Waals surface area contributed by atoms with Gasteiger partial charge in [0.2, 0.25) is 6.41 Å². The molecule has 7 nitrogen and oxygen atoms in total. The Balaban J connectivity index is 1.88. The lowest BCUT2D eigenvalue weighted by atomic mass is 10.2. The van der Waals surface area contributed by atoms with Gasteiger partial charge in [-0.2, -0.15) is 0 Å². The molecule has 2 rings (SSSR count). The van der Waals surface area contributed by atoms with Crippen molar-refractivity contribution in [1.29, 1.82) is 0 Å². The molecule has 23 heavy (non-hydrogen) atoms. The van der Waals surface area contributed by atoms with E-state index in [1.54, 1.807) is 22.2 Å². The maximum atomic E-state index is 12.4. The maximum absolute atomic E-state index is 12.4. The molecule has 2 heterocycles. The van der Waals surface area contributed by atoms with Gasteiger partial charge in [0.15, 0.2) is 0 Å². The van der Waals surface area contributed by atoms with Crippen LogP contribution in [0.4, 0.5) is 0 Å². The Kier molecular flexibility index (Phi) is 6.08. The van der Waals surface area contributed by atoms with Crippen LogP contribution in [-0.2, 0) is 20.8 Å². The van der Waals surface area contributed by atoms with E-state index < -0.39 is 11.8 Å². The zero-order chi connectivity index (χ0) is 16.7. The molecule has 3 amide bonds. The van der Waals surface area contributed by atoms with E-state index in [1.165, 1.54) is 4.90 Å². The summed E-state index contributed by atoms with van der Waals surface area (Å²) >= 11 is 0. The summed E-state index contributed by atoms with van der Waals surface area (Å²) in [6.45, 7) is 4.62. The number of carbonyl (C=O) groups excluding carboxylic acids is 3. The Bertz CT molecular complexity index is 542. The van der Waals surface area contributed by atoms with E-state index in [0.29, 0.717) is 45.7 Å². The van der Waals surface area contributed by atoms with Crippen LogP contribution in [0.25, 0.3) is 0 Å². The number of hydrogen-bond donors (Lipinski definition) is 0. The number of pyridine rings is 1. The topological polar surface area (TPSA) is 73.8 Å². The highest BCUT2D eigenvalue weighted by Gasteiger charge is 2.28. The van der Waals surface area contributed by atoms with Crippen LogP contribution in [0.1, 0.15) is 12.5 Å². The summed E-state index contributed by atoms with van der Waals surface area (Å²) in [5.74, 6) is -0.951. The Hall–Kier alpha value is -2.44. The number of hydrogen-bond acceptors (Lipinski definition) is 4. The van der Waals surface area contributed by atoms with Crippen LogP contribution in [0.3, 0.4) is 0 Å². The quantitative estimate of drug-likeness (QED) is 0.555. The Morgan fingerprint density at radius 1 is 1.22 bits per heavy atom. The highest BCUT2D eigenvalue weighted by atomic mass is 16.2. The molecule has 1 aliphatic rings. The predicted octanol–water partition coefficient (Wildman–Crippen LogP) is -0.227. The van der Waals surface area contributed by atoms with Crippen molar-refractivity contribution in [3.05, 3.63) is 30.1 Å². The SMILES string of the molecule is CCN(CCc1ccncc1)C(=O)C(=O)N1CCN(C=O)CC1. The number of carbonyl (C=O) groups is 3. The van der Waals surface area contributed by atoms with Gasteiger partial charge in [-0.15, -0.1) is 0 Å². The average Bonchev–Trinajstić information content (AvgIpc) is 2.62.